The van der Waals surface area contributed by atoms with Gasteiger partial charge in [-0.1, -0.05) is 24.6 Å². The zero-order chi connectivity index (χ0) is 13.3. The van der Waals surface area contributed by atoms with E-state index in [2.05, 4.69) is 23.9 Å². The average Bonchev–Trinajstić information content (AvgIpc) is 3.13. The number of rotatable bonds is 6. The SMILES string of the molecule is C=CC(C)(CNC1CC1)Cc1c(C)nn(C)c1Cl. The van der Waals surface area contributed by atoms with Gasteiger partial charge in [-0.25, -0.2) is 0 Å². The van der Waals surface area contributed by atoms with E-state index in [0.29, 0.717) is 0 Å². The molecule has 1 N–H and O–H groups in total. The van der Waals surface area contributed by atoms with E-state index < -0.39 is 0 Å². The highest BCUT2D eigenvalue weighted by Crippen LogP contribution is 2.30. The first-order chi connectivity index (χ1) is 8.45. The number of hydrogen-bond donors (Lipinski definition) is 1. The second-order valence-electron chi connectivity index (χ2n) is 5.67. The number of halogens is 1. The van der Waals surface area contributed by atoms with Crippen LogP contribution in [0.3, 0.4) is 0 Å². The summed E-state index contributed by atoms with van der Waals surface area (Å²) in [5.74, 6) is 0. The molecule has 18 heavy (non-hydrogen) atoms. The van der Waals surface area contributed by atoms with Gasteiger partial charge in [-0.3, -0.25) is 4.68 Å². The summed E-state index contributed by atoms with van der Waals surface area (Å²) in [7, 11) is 1.88. The zero-order valence-electron chi connectivity index (χ0n) is 11.5. The van der Waals surface area contributed by atoms with Gasteiger partial charge in [-0.2, -0.15) is 5.10 Å². The molecule has 0 aromatic carbocycles. The lowest BCUT2D eigenvalue weighted by atomic mass is 9.83. The average molecular weight is 268 g/mol. The number of nitrogens with zero attached hydrogens (tertiary/aromatic N) is 2. The normalized spacial score (nSPS) is 18.7. The molecule has 0 saturated heterocycles. The molecule has 0 spiro atoms. The molecule has 0 aliphatic heterocycles. The van der Waals surface area contributed by atoms with Crippen LogP contribution in [0.1, 0.15) is 31.0 Å². The van der Waals surface area contributed by atoms with Gasteiger partial charge in [0.25, 0.3) is 0 Å². The Bertz CT molecular complexity index is 448. The van der Waals surface area contributed by atoms with Gasteiger partial charge in [-0.05, 0) is 26.2 Å². The summed E-state index contributed by atoms with van der Waals surface area (Å²) in [6, 6.07) is 0.717. The molecule has 0 bridgehead atoms. The Hall–Kier alpha value is -0.800. The first kappa shape index (κ1) is 13.6. The number of hydrogen-bond acceptors (Lipinski definition) is 2. The summed E-state index contributed by atoms with van der Waals surface area (Å²) in [5, 5.41) is 8.68. The Balaban J connectivity index is 2.10. The van der Waals surface area contributed by atoms with E-state index in [-0.39, 0.29) is 5.41 Å². The van der Waals surface area contributed by atoms with Crippen LogP contribution in [0.2, 0.25) is 5.15 Å². The molecule has 1 heterocycles. The molecular formula is C14H22ClN3. The van der Waals surface area contributed by atoms with Crippen molar-refractivity contribution >= 4 is 11.6 Å². The molecule has 0 radical (unpaired) electrons. The highest BCUT2D eigenvalue weighted by atomic mass is 35.5. The fourth-order valence-corrected chi connectivity index (χ4v) is 2.39. The monoisotopic (exact) mass is 267 g/mol. The summed E-state index contributed by atoms with van der Waals surface area (Å²) in [6.45, 7) is 9.17. The third-order valence-electron chi connectivity index (χ3n) is 3.72. The van der Waals surface area contributed by atoms with Crippen molar-refractivity contribution in [3.8, 4) is 0 Å². The van der Waals surface area contributed by atoms with E-state index >= 15 is 0 Å². The summed E-state index contributed by atoms with van der Waals surface area (Å²) in [5.41, 5.74) is 2.18. The minimum absolute atomic E-state index is 0.0278. The molecule has 1 atom stereocenters. The van der Waals surface area contributed by atoms with Gasteiger partial charge < -0.3 is 5.32 Å². The quantitative estimate of drug-likeness (QED) is 0.804. The molecule has 1 aromatic rings. The molecule has 1 aliphatic carbocycles. The first-order valence-corrected chi connectivity index (χ1v) is 6.88. The maximum absolute atomic E-state index is 6.30. The third kappa shape index (κ3) is 2.96. The lowest BCUT2D eigenvalue weighted by Crippen LogP contribution is -2.33. The van der Waals surface area contributed by atoms with Crippen molar-refractivity contribution in [3.05, 3.63) is 29.1 Å². The van der Waals surface area contributed by atoms with Crippen molar-refractivity contribution in [2.75, 3.05) is 6.54 Å². The fraction of sp³-hybridized carbons (Fsp3) is 0.643. The lowest BCUT2D eigenvalue weighted by molar-refractivity contribution is 0.388. The van der Waals surface area contributed by atoms with E-state index in [9.17, 15) is 0 Å². The molecule has 1 aliphatic rings. The van der Waals surface area contributed by atoms with Crippen molar-refractivity contribution in [2.24, 2.45) is 12.5 Å². The van der Waals surface area contributed by atoms with Crippen LogP contribution in [-0.2, 0) is 13.5 Å². The topological polar surface area (TPSA) is 29.9 Å². The standard InChI is InChI=1S/C14H22ClN3/c1-5-14(3,9-16-11-6-7-11)8-12-10(2)17-18(4)13(12)15/h5,11,16H,1,6-9H2,2-4H3. The maximum Gasteiger partial charge on any atom is 0.130 e. The molecule has 3 nitrogen and oxygen atoms in total. The van der Waals surface area contributed by atoms with E-state index in [4.69, 9.17) is 11.6 Å². The molecule has 1 unspecified atom stereocenters. The van der Waals surface area contributed by atoms with Crippen molar-refractivity contribution in [1.29, 1.82) is 0 Å². The molecule has 1 aromatic heterocycles. The van der Waals surface area contributed by atoms with Gasteiger partial charge in [0, 0.05) is 30.6 Å². The Labute approximate surface area is 114 Å². The van der Waals surface area contributed by atoms with Crippen LogP contribution in [0.5, 0.6) is 0 Å². The predicted octanol–water partition coefficient (Wildman–Crippen LogP) is 2.87. The van der Waals surface area contributed by atoms with E-state index in [1.807, 2.05) is 20.0 Å². The molecular weight excluding hydrogens is 246 g/mol. The largest absolute Gasteiger partial charge is 0.313 e. The first-order valence-electron chi connectivity index (χ1n) is 6.50. The van der Waals surface area contributed by atoms with Crippen LogP contribution in [-0.4, -0.2) is 22.4 Å². The van der Waals surface area contributed by atoms with Crippen LogP contribution in [0, 0.1) is 12.3 Å². The predicted molar refractivity (Wildman–Crippen MR) is 76.0 cm³/mol. The highest BCUT2D eigenvalue weighted by molar-refractivity contribution is 6.30. The highest BCUT2D eigenvalue weighted by Gasteiger charge is 2.28. The van der Waals surface area contributed by atoms with Crippen molar-refractivity contribution in [1.82, 2.24) is 15.1 Å². The van der Waals surface area contributed by atoms with Crippen molar-refractivity contribution in [2.45, 2.75) is 39.2 Å². The van der Waals surface area contributed by atoms with E-state index in [1.165, 1.54) is 12.8 Å². The van der Waals surface area contributed by atoms with Crippen molar-refractivity contribution in [3.63, 3.8) is 0 Å². The Kier molecular flexibility index (Phi) is 3.83. The maximum atomic E-state index is 6.30. The van der Waals surface area contributed by atoms with Gasteiger partial charge in [0.05, 0.1) is 5.69 Å². The Morgan fingerprint density at radius 1 is 1.61 bits per heavy atom. The van der Waals surface area contributed by atoms with Gasteiger partial charge in [-0.15, -0.1) is 6.58 Å². The van der Waals surface area contributed by atoms with Crippen LogP contribution in [0.15, 0.2) is 12.7 Å². The van der Waals surface area contributed by atoms with Crippen LogP contribution in [0.4, 0.5) is 0 Å². The summed E-state index contributed by atoms with van der Waals surface area (Å²) in [6.07, 6.45) is 5.53. The molecule has 1 saturated carbocycles. The summed E-state index contributed by atoms with van der Waals surface area (Å²) in [4.78, 5) is 0. The number of aromatic nitrogens is 2. The minimum atomic E-state index is 0.0278. The lowest BCUT2D eigenvalue weighted by Gasteiger charge is -2.26. The van der Waals surface area contributed by atoms with Gasteiger partial charge in [0.1, 0.15) is 5.15 Å². The van der Waals surface area contributed by atoms with Gasteiger partial charge in [0.15, 0.2) is 0 Å². The Morgan fingerprint density at radius 2 is 2.28 bits per heavy atom. The zero-order valence-corrected chi connectivity index (χ0v) is 12.2. The molecule has 2 rings (SSSR count). The second kappa shape index (κ2) is 5.06. The van der Waals surface area contributed by atoms with Crippen LogP contribution in [0.25, 0.3) is 0 Å². The van der Waals surface area contributed by atoms with Gasteiger partial charge >= 0.3 is 0 Å². The smallest absolute Gasteiger partial charge is 0.130 e. The second-order valence-corrected chi connectivity index (χ2v) is 6.03. The van der Waals surface area contributed by atoms with E-state index in [1.54, 1.807) is 4.68 Å². The fourth-order valence-electron chi connectivity index (χ4n) is 2.15. The minimum Gasteiger partial charge on any atom is -0.313 e. The number of aryl methyl sites for hydroxylation is 2. The Morgan fingerprint density at radius 3 is 2.72 bits per heavy atom. The molecule has 0 amide bonds. The molecule has 100 valence electrons. The number of nitrogens with one attached hydrogen (secondary N) is 1. The van der Waals surface area contributed by atoms with Crippen LogP contribution < -0.4 is 5.32 Å². The summed E-state index contributed by atoms with van der Waals surface area (Å²) < 4.78 is 1.74. The third-order valence-corrected chi connectivity index (χ3v) is 4.19. The summed E-state index contributed by atoms with van der Waals surface area (Å²) >= 11 is 6.30. The molecule has 4 heteroatoms. The van der Waals surface area contributed by atoms with Crippen molar-refractivity contribution < 1.29 is 0 Å². The van der Waals surface area contributed by atoms with Crippen LogP contribution >= 0.6 is 11.6 Å². The molecule has 1 fully saturated rings. The van der Waals surface area contributed by atoms with Gasteiger partial charge in [0.2, 0.25) is 0 Å². The van der Waals surface area contributed by atoms with E-state index in [0.717, 1.165) is 35.4 Å².